The molecule has 0 aliphatic carbocycles. The van der Waals surface area contributed by atoms with Crippen molar-refractivity contribution < 1.29 is 24.0 Å². The number of likely N-dealkylation sites (tertiary alicyclic amines) is 2. The molecule has 0 N–H and O–H groups in total. The third-order valence-corrected chi connectivity index (χ3v) is 8.00. The maximum atomic E-state index is 13.1. The third-order valence-electron chi connectivity index (χ3n) is 8.00. The van der Waals surface area contributed by atoms with Gasteiger partial charge in [0.1, 0.15) is 0 Å². The van der Waals surface area contributed by atoms with Crippen molar-refractivity contribution in [3.05, 3.63) is 24.3 Å². The molecule has 2 fully saturated rings. The molecule has 0 aromatic carbocycles. The van der Waals surface area contributed by atoms with Crippen LogP contribution in [0.5, 0.6) is 0 Å². The Hall–Kier alpha value is -2.77. The molecule has 2 aliphatic rings. The van der Waals surface area contributed by atoms with E-state index in [4.69, 9.17) is 0 Å². The van der Waals surface area contributed by atoms with Crippen LogP contribution in [0.2, 0.25) is 0 Å². The number of hydrogen-bond acceptors (Lipinski definition) is 5. The lowest BCUT2D eigenvalue weighted by atomic mass is 9.85. The fourth-order valence-corrected chi connectivity index (χ4v) is 5.61. The van der Waals surface area contributed by atoms with Crippen LogP contribution in [0.1, 0.15) is 86.0 Å². The van der Waals surface area contributed by atoms with E-state index in [1.54, 1.807) is 0 Å². The van der Waals surface area contributed by atoms with Gasteiger partial charge in [0.2, 0.25) is 29.5 Å². The van der Waals surface area contributed by atoms with E-state index in [1.165, 1.54) is 21.6 Å². The summed E-state index contributed by atoms with van der Waals surface area (Å²) in [5.41, 5.74) is 0. The van der Waals surface area contributed by atoms with Crippen molar-refractivity contribution in [1.29, 1.82) is 0 Å². The Bertz CT molecular complexity index is 912. The first kappa shape index (κ1) is 31.4. The minimum Gasteiger partial charge on any atom is -0.339 e. The number of hydrogen-bond donors (Lipinski definition) is 0. The highest BCUT2D eigenvalue weighted by atomic mass is 16.2. The van der Waals surface area contributed by atoms with Crippen LogP contribution in [-0.2, 0) is 24.0 Å². The van der Waals surface area contributed by atoms with E-state index >= 15 is 0 Å². The zero-order valence-electron chi connectivity index (χ0n) is 24.0. The maximum absolute atomic E-state index is 13.1. The molecule has 5 amide bonds. The van der Waals surface area contributed by atoms with Crippen molar-refractivity contribution in [2.45, 2.75) is 86.0 Å². The van der Waals surface area contributed by atoms with Crippen LogP contribution in [0.25, 0.3) is 0 Å². The number of imide groups is 2. The zero-order valence-corrected chi connectivity index (χ0v) is 24.0. The van der Waals surface area contributed by atoms with E-state index in [0.717, 1.165) is 38.5 Å². The number of amides is 5. The van der Waals surface area contributed by atoms with E-state index in [9.17, 15) is 24.0 Å². The molecule has 4 atom stereocenters. The standard InChI is InChI=1S/C30H47N3O5/c1-6-10-12-13-15-24(9-4)26-21-28(36)33(30(26)38)19-17-31(22(5)34)16-18-32-27(35)20-25(29(32)37)23(8-3)14-11-7-2/h10-12,14,23-26H,6-9,13,15-21H2,1-5H3/b12-10+,14-11+. The summed E-state index contributed by atoms with van der Waals surface area (Å²) >= 11 is 0. The summed E-state index contributed by atoms with van der Waals surface area (Å²) in [4.78, 5) is 67.9. The molecular weight excluding hydrogens is 482 g/mol. The van der Waals surface area contributed by atoms with E-state index < -0.39 is 0 Å². The van der Waals surface area contributed by atoms with Crippen LogP contribution < -0.4 is 0 Å². The van der Waals surface area contributed by atoms with Gasteiger partial charge >= 0.3 is 0 Å². The Morgan fingerprint density at radius 3 is 1.89 bits per heavy atom. The summed E-state index contributed by atoms with van der Waals surface area (Å²) in [6.07, 6.45) is 14.0. The molecule has 38 heavy (non-hydrogen) atoms. The van der Waals surface area contributed by atoms with E-state index in [0.29, 0.717) is 0 Å². The fraction of sp³-hybridized carbons (Fsp3) is 0.700. The topological polar surface area (TPSA) is 95.1 Å². The van der Waals surface area contributed by atoms with Crippen molar-refractivity contribution in [2.75, 3.05) is 26.2 Å². The molecule has 0 aromatic heterocycles. The van der Waals surface area contributed by atoms with Gasteiger partial charge in [-0.2, -0.15) is 0 Å². The fourth-order valence-electron chi connectivity index (χ4n) is 5.61. The molecule has 2 saturated heterocycles. The molecule has 2 rings (SSSR count). The first-order chi connectivity index (χ1) is 18.2. The summed E-state index contributed by atoms with van der Waals surface area (Å²) < 4.78 is 0. The van der Waals surface area contributed by atoms with Crippen molar-refractivity contribution >= 4 is 29.5 Å². The van der Waals surface area contributed by atoms with Gasteiger partial charge in [0.15, 0.2) is 0 Å². The summed E-state index contributed by atoms with van der Waals surface area (Å²) in [5.74, 6) is -1.44. The van der Waals surface area contributed by atoms with E-state index in [-0.39, 0.29) is 92.2 Å². The van der Waals surface area contributed by atoms with Gasteiger partial charge in [0.05, 0.1) is 11.8 Å². The third kappa shape index (κ3) is 8.11. The lowest BCUT2D eigenvalue weighted by Gasteiger charge is -2.26. The number of carbonyl (C=O) groups is 5. The summed E-state index contributed by atoms with van der Waals surface area (Å²) in [6.45, 7) is 10.2. The van der Waals surface area contributed by atoms with Crippen LogP contribution in [0, 0.1) is 23.7 Å². The Morgan fingerprint density at radius 2 is 1.39 bits per heavy atom. The van der Waals surface area contributed by atoms with Gasteiger partial charge in [-0.15, -0.1) is 0 Å². The van der Waals surface area contributed by atoms with Gasteiger partial charge in [0, 0.05) is 45.9 Å². The van der Waals surface area contributed by atoms with Crippen LogP contribution in [-0.4, -0.2) is 70.4 Å². The predicted molar refractivity (Wildman–Crippen MR) is 148 cm³/mol. The molecule has 2 heterocycles. The Balaban J connectivity index is 1.96. The molecule has 0 aromatic rings. The summed E-state index contributed by atoms with van der Waals surface area (Å²) in [5, 5.41) is 0. The number of nitrogens with zero attached hydrogens (tertiary/aromatic N) is 3. The second-order valence-electron chi connectivity index (χ2n) is 10.4. The molecule has 0 spiro atoms. The van der Waals surface area contributed by atoms with Crippen LogP contribution in [0.3, 0.4) is 0 Å². The quantitative estimate of drug-likeness (QED) is 0.219. The summed E-state index contributed by atoms with van der Waals surface area (Å²) in [7, 11) is 0. The van der Waals surface area contributed by atoms with E-state index in [2.05, 4.69) is 26.0 Å². The second kappa shape index (κ2) is 15.6. The highest BCUT2D eigenvalue weighted by Gasteiger charge is 2.43. The van der Waals surface area contributed by atoms with Crippen molar-refractivity contribution in [1.82, 2.24) is 14.7 Å². The van der Waals surface area contributed by atoms with Gasteiger partial charge in [-0.3, -0.25) is 33.8 Å². The largest absolute Gasteiger partial charge is 0.339 e. The number of carbonyl (C=O) groups excluding carboxylic acids is 5. The van der Waals surface area contributed by atoms with Crippen LogP contribution >= 0.6 is 0 Å². The Kier molecular flexibility index (Phi) is 12.9. The molecule has 2 aliphatic heterocycles. The molecule has 0 radical (unpaired) electrons. The minimum absolute atomic E-state index is 0.0232. The van der Waals surface area contributed by atoms with E-state index in [1.807, 2.05) is 26.0 Å². The lowest BCUT2D eigenvalue weighted by molar-refractivity contribution is -0.142. The van der Waals surface area contributed by atoms with Gasteiger partial charge in [-0.1, -0.05) is 58.4 Å². The van der Waals surface area contributed by atoms with Crippen LogP contribution in [0.15, 0.2) is 24.3 Å². The van der Waals surface area contributed by atoms with Gasteiger partial charge in [-0.25, -0.2) is 0 Å². The molecule has 8 heteroatoms. The van der Waals surface area contributed by atoms with Crippen molar-refractivity contribution in [3.8, 4) is 0 Å². The second-order valence-corrected chi connectivity index (χ2v) is 10.4. The first-order valence-corrected chi connectivity index (χ1v) is 14.4. The molecule has 212 valence electrons. The molecule has 0 bridgehead atoms. The highest BCUT2D eigenvalue weighted by Crippen LogP contribution is 2.32. The predicted octanol–water partition coefficient (Wildman–Crippen LogP) is 4.35. The maximum Gasteiger partial charge on any atom is 0.233 e. The number of allylic oxidation sites excluding steroid dienone is 4. The zero-order chi connectivity index (χ0) is 28.2. The monoisotopic (exact) mass is 529 g/mol. The average molecular weight is 530 g/mol. The number of rotatable bonds is 16. The van der Waals surface area contributed by atoms with Crippen molar-refractivity contribution in [2.24, 2.45) is 23.7 Å². The van der Waals surface area contributed by atoms with Gasteiger partial charge < -0.3 is 4.90 Å². The average Bonchev–Trinajstić information content (AvgIpc) is 3.33. The summed E-state index contributed by atoms with van der Waals surface area (Å²) in [6, 6.07) is 0. The SMILES string of the molecule is CC/C=C/CCC(CC)C1CC(=O)N(CCN(CCN2C(=O)CC(C(/C=C/CC)CC)C2=O)C(C)=O)C1=O. The molecule has 0 saturated carbocycles. The van der Waals surface area contributed by atoms with Gasteiger partial charge in [0.25, 0.3) is 0 Å². The van der Waals surface area contributed by atoms with Gasteiger partial charge in [-0.05, 0) is 43.9 Å². The highest BCUT2D eigenvalue weighted by molar-refractivity contribution is 6.04. The Morgan fingerprint density at radius 1 is 0.842 bits per heavy atom. The van der Waals surface area contributed by atoms with Crippen LogP contribution in [0.4, 0.5) is 0 Å². The normalized spacial score (nSPS) is 21.9. The molecule has 4 unspecified atom stereocenters. The lowest BCUT2D eigenvalue weighted by Crippen LogP contribution is -2.44. The molecule has 8 nitrogen and oxygen atoms in total. The van der Waals surface area contributed by atoms with Crippen molar-refractivity contribution in [3.63, 3.8) is 0 Å². The minimum atomic E-state index is -0.359. The molecular formula is C30H47N3O5. The smallest absolute Gasteiger partial charge is 0.233 e. The first-order valence-electron chi connectivity index (χ1n) is 14.4. The Labute approximate surface area is 228 Å².